The van der Waals surface area contributed by atoms with E-state index in [0.29, 0.717) is 0 Å². The minimum atomic E-state index is -0.167. The normalized spacial score (nSPS) is 10.4. The van der Waals surface area contributed by atoms with E-state index in [0.717, 1.165) is 23.1 Å². The van der Waals surface area contributed by atoms with Crippen LogP contribution in [0.3, 0.4) is 0 Å². The zero-order chi connectivity index (χ0) is 12.0. The van der Waals surface area contributed by atoms with E-state index in [1.807, 2.05) is 13.0 Å². The van der Waals surface area contributed by atoms with Gasteiger partial charge in [0.15, 0.2) is 0 Å². The van der Waals surface area contributed by atoms with Crippen molar-refractivity contribution in [1.29, 1.82) is 0 Å². The number of benzene rings is 1. The molecule has 0 fully saturated rings. The predicted molar refractivity (Wildman–Crippen MR) is 68.9 cm³/mol. The molecule has 1 heteroatoms. The number of allylic oxidation sites excluding steroid dienone is 1. The number of halogens is 1. The summed E-state index contributed by atoms with van der Waals surface area (Å²) >= 11 is 0. The van der Waals surface area contributed by atoms with Crippen molar-refractivity contribution in [3.8, 4) is 0 Å². The molecule has 16 heavy (non-hydrogen) atoms. The summed E-state index contributed by atoms with van der Waals surface area (Å²) in [5.41, 5.74) is 3.23. The van der Waals surface area contributed by atoms with Gasteiger partial charge in [-0.15, -0.1) is 0 Å². The van der Waals surface area contributed by atoms with E-state index in [-0.39, 0.29) is 5.82 Å². The van der Waals surface area contributed by atoms with Gasteiger partial charge in [-0.05, 0) is 48.6 Å². The van der Waals surface area contributed by atoms with Crippen LogP contribution in [0.5, 0.6) is 0 Å². The first-order valence-corrected chi connectivity index (χ1v) is 6.09. The van der Waals surface area contributed by atoms with Crippen molar-refractivity contribution in [2.24, 2.45) is 0 Å². The van der Waals surface area contributed by atoms with Gasteiger partial charge in [-0.3, -0.25) is 0 Å². The molecule has 0 bridgehead atoms. The van der Waals surface area contributed by atoms with Crippen molar-refractivity contribution in [3.63, 3.8) is 0 Å². The summed E-state index contributed by atoms with van der Waals surface area (Å²) in [5, 5.41) is 0. The molecule has 0 unspecified atom stereocenters. The highest BCUT2D eigenvalue weighted by Crippen LogP contribution is 2.23. The molecule has 1 aromatic carbocycles. The van der Waals surface area contributed by atoms with E-state index in [1.54, 1.807) is 6.07 Å². The average molecular weight is 220 g/mol. The highest BCUT2D eigenvalue weighted by molar-refractivity contribution is 5.66. The molecule has 0 atom stereocenters. The molecule has 88 valence electrons. The first-order chi connectivity index (χ1) is 7.65. The molecule has 0 radical (unpaired) electrons. The molecule has 0 saturated carbocycles. The second-order valence-electron chi connectivity index (χ2n) is 4.37. The third kappa shape index (κ3) is 3.80. The summed E-state index contributed by atoms with van der Waals surface area (Å²) in [6.07, 6.45) is 6.00. The molecule has 0 heterocycles. The molecule has 0 nitrogen and oxygen atoms in total. The summed E-state index contributed by atoms with van der Waals surface area (Å²) in [7, 11) is 0. The quantitative estimate of drug-likeness (QED) is 0.584. The van der Waals surface area contributed by atoms with Gasteiger partial charge in [-0.2, -0.15) is 0 Å². The third-order valence-corrected chi connectivity index (χ3v) is 2.90. The maximum atomic E-state index is 12.9. The number of hydrogen-bond acceptors (Lipinski definition) is 0. The Labute approximate surface area is 98.2 Å². The van der Waals surface area contributed by atoms with Gasteiger partial charge in [-0.1, -0.05) is 38.8 Å². The Kier molecular flexibility index (Phi) is 5.24. The van der Waals surface area contributed by atoms with E-state index in [4.69, 9.17) is 0 Å². The largest absolute Gasteiger partial charge is 0.207 e. The van der Waals surface area contributed by atoms with Crippen LogP contribution >= 0.6 is 0 Å². The Morgan fingerprint density at radius 2 is 2.00 bits per heavy atom. The molecule has 0 aromatic heterocycles. The summed E-state index contributed by atoms with van der Waals surface area (Å²) in [6.45, 7) is 8.24. The lowest BCUT2D eigenvalue weighted by Crippen LogP contribution is -1.90. The van der Waals surface area contributed by atoms with E-state index in [9.17, 15) is 4.39 Å². The second kappa shape index (κ2) is 6.47. The van der Waals surface area contributed by atoms with E-state index in [1.165, 1.54) is 31.7 Å². The molecule has 0 aliphatic heterocycles. The van der Waals surface area contributed by atoms with Gasteiger partial charge >= 0.3 is 0 Å². The van der Waals surface area contributed by atoms with Crippen LogP contribution in [0, 0.1) is 12.7 Å². The van der Waals surface area contributed by atoms with Crippen molar-refractivity contribution >= 4 is 5.57 Å². The first kappa shape index (κ1) is 13.0. The van der Waals surface area contributed by atoms with Crippen molar-refractivity contribution in [1.82, 2.24) is 0 Å². The maximum absolute atomic E-state index is 12.9. The highest BCUT2D eigenvalue weighted by Gasteiger charge is 2.03. The van der Waals surface area contributed by atoms with E-state index in [2.05, 4.69) is 13.5 Å². The van der Waals surface area contributed by atoms with Crippen LogP contribution in [0.1, 0.15) is 50.2 Å². The fourth-order valence-electron chi connectivity index (χ4n) is 1.92. The molecular weight excluding hydrogens is 199 g/mol. The van der Waals surface area contributed by atoms with Crippen LogP contribution in [-0.2, 0) is 0 Å². The Morgan fingerprint density at radius 1 is 1.25 bits per heavy atom. The van der Waals surface area contributed by atoms with E-state index >= 15 is 0 Å². The van der Waals surface area contributed by atoms with Gasteiger partial charge < -0.3 is 0 Å². The summed E-state index contributed by atoms with van der Waals surface area (Å²) in [6, 6.07) is 4.93. The Morgan fingerprint density at radius 3 is 2.62 bits per heavy atom. The summed E-state index contributed by atoms with van der Waals surface area (Å²) in [4.78, 5) is 0. The summed E-state index contributed by atoms with van der Waals surface area (Å²) in [5.74, 6) is -0.167. The van der Waals surface area contributed by atoms with Gasteiger partial charge in [0, 0.05) is 0 Å². The summed E-state index contributed by atoms with van der Waals surface area (Å²) < 4.78 is 12.9. The molecular formula is C15H21F. The van der Waals surface area contributed by atoms with Crippen molar-refractivity contribution < 1.29 is 4.39 Å². The van der Waals surface area contributed by atoms with Crippen LogP contribution in [0.15, 0.2) is 24.8 Å². The predicted octanol–water partition coefficient (Wildman–Crippen LogP) is 5.12. The Balaban J connectivity index is 2.53. The van der Waals surface area contributed by atoms with Crippen LogP contribution in [0.4, 0.5) is 4.39 Å². The molecule has 1 rings (SSSR count). The van der Waals surface area contributed by atoms with E-state index < -0.39 is 0 Å². The van der Waals surface area contributed by atoms with Crippen LogP contribution in [-0.4, -0.2) is 0 Å². The third-order valence-electron chi connectivity index (χ3n) is 2.90. The fourth-order valence-corrected chi connectivity index (χ4v) is 1.92. The highest BCUT2D eigenvalue weighted by atomic mass is 19.1. The zero-order valence-electron chi connectivity index (χ0n) is 10.4. The lowest BCUT2D eigenvalue weighted by molar-refractivity contribution is 0.626. The van der Waals surface area contributed by atoms with Crippen molar-refractivity contribution in [2.75, 3.05) is 0 Å². The van der Waals surface area contributed by atoms with Gasteiger partial charge in [-0.25, -0.2) is 4.39 Å². The molecule has 0 aliphatic carbocycles. The Bertz CT molecular complexity index is 352. The molecule has 0 spiro atoms. The SMILES string of the molecule is C=C(CCCCCC)c1ccc(F)cc1C. The van der Waals surface area contributed by atoms with Crippen molar-refractivity contribution in [3.05, 3.63) is 41.7 Å². The lowest BCUT2D eigenvalue weighted by atomic mass is 9.97. The van der Waals surface area contributed by atoms with Gasteiger partial charge in [0.2, 0.25) is 0 Å². The van der Waals surface area contributed by atoms with Gasteiger partial charge in [0.1, 0.15) is 5.82 Å². The van der Waals surface area contributed by atoms with Gasteiger partial charge in [0.25, 0.3) is 0 Å². The first-order valence-electron chi connectivity index (χ1n) is 6.09. The molecule has 0 amide bonds. The smallest absolute Gasteiger partial charge is 0.123 e. The number of unbranched alkanes of at least 4 members (excludes halogenated alkanes) is 3. The van der Waals surface area contributed by atoms with Gasteiger partial charge in [0.05, 0.1) is 0 Å². The van der Waals surface area contributed by atoms with Crippen LogP contribution in [0.2, 0.25) is 0 Å². The maximum Gasteiger partial charge on any atom is 0.123 e. The molecule has 0 aliphatic rings. The monoisotopic (exact) mass is 220 g/mol. The molecule has 0 saturated heterocycles. The van der Waals surface area contributed by atoms with Crippen molar-refractivity contribution in [2.45, 2.75) is 46.0 Å². The van der Waals surface area contributed by atoms with Crippen LogP contribution in [0.25, 0.3) is 5.57 Å². The fraction of sp³-hybridized carbons (Fsp3) is 0.467. The lowest BCUT2D eigenvalue weighted by Gasteiger charge is -2.09. The second-order valence-corrected chi connectivity index (χ2v) is 4.37. The number of rotatable bonds is 6. The standard InChI is InChI=1S/C15H21F/c1-4-5-6-7-8-12(2)15-10-9-14(16)11-13(15)3/h9-11H,2,4-8H2,1,3H3. The minimum Gasteiger partial charge on any atom is -0.207 e. The zero-order valence-corrected chi connectivity index (χ0v) is 10.4. The molecule has 0 N–H and O–H groups in total. The topological polar surface area (TPSA) is 0 Å². The van der Waals surface area contributed by atoms with Crippen LogP contribution < -0.4 is 0 Å². The average Bonchev–Trinajstić information content (AvgIpc) is 2.24. The minimum absolute atomic E-state index is 0.167. The molecule has 1 aromatic rings. The number of aryl methyl sites for hydroxylation is 1. The Hall–Kier alpha value is -1.11. The number of hydrogen-bond donors (Lipinski definition) is 0.